The van der Waals surface area contributed by atoms with E-state index in [1.54, 1.807) is 12.1 Å². The molecule has 1 amide bonds. The molecule has 6 heteroatoms. The van der Waals surface area contributed by atoms with Crippen LogP contribution in [-0.2, 0) is 17.6 Å². The molecule has 2 aromatic carbocycles. The third kappa shape index (κ3) is 4.92. The van der Waals surface area contributed by atoms with Crippen molar-refractivity contribution < 1.29 is 14.1 Å². The summed E-state index contributed by atoms with van der Waals surface area (Å²) in [6.07, 6.45) is 1.50. The Morgan fingerprint density at radius 3 is 2.77 bits per heavy atom. The smallest absolute Gasteiger partial charge is 0.258 e. The van der Waals surface area contributed by atoms with Crippen LogP contribution in [-0.4, -0.2) is 29.2 Å². The zero-order valence-electron chi connectivity index (χ0n) is 14.6. The maximum absolute atomic E-state index is 11.9. The van der Waals surface area contributed by atoms with Crippen molar-refractivity contribution in [2.45, 2.75) is 19.8 Å². The highest BCUT2D eigenvalue weighted by Crippen LogP contribution is 2.22. The van der Waals surface area contributed by atoms with Crippen molar-refractivity contribution in [1.29, 1.82) is 0 Å². The second kappa shape index (κ2) is 8.80. The first-order chi connectivity index (χ1) is 12.7. The van der Waals surface area contributed by atoms with E-state index in [9.17, 15) is 4.79 Å². The van der Waals surface area contributed by atoms with Gasteiger partial charge in [0.05, 0.1) is 0 Å². The Hall–Kier alpha value is -3.15. The molecule has 26 heavy (non-hydrogen) atoms. The minimum Gasteiger partial charge on any atom is -0.484 e. The van der Waals surface area contributed by atoms with Crippen LogP contribution < -0.4 is 10.1 Å². The summed E-state index contributed by atoms with van der Waals surface area (Å²) in [5.74, 6) is 1.53. The number of carbonyl (C=O) groups excluding carboxylic acids is 1. The Bertz CT molecular complexity index is 846. The maximum Gasteiger partial charge on any atom is 0.258 e. The number of rotatable bonds is 8. The largest absolute Gasteiger partial charge is 0.484 e. The predicted octanol–water partition coefficient (Wildman–Crippen LogP) is 3.04. The first-order valence-corrected chi connectivity index (χ1v) is 8.61. The van der Waals surface area contributed by atoms with Crippen molar-refractivity contribution in [3.05, 3.63) is 66.0 Å². The second-order valence-electron chi connectivity index (χ2n) is 5.77. The zero-order valence-corrected chi connectivity index (χ0v) is 14.6. The number of aromatic nitrogens is 2. The van der Waals surface area contributed by atoms with Gasteiger partial charge in [-0.25, -0.2) is 0 Å². The maximum atomic E-state index is 11.9. The molecule has 3 aromatic rings. The fourth-order valence-electron chi connectivity index (χ4n) is 2.42. The van der Waals surface area contributed by atoms with Crippen LogP contribution in [0.2, 0.25) is 0 Å². The molecule has 0 aliphatic carbocycles. The minimum atomic E-state index is -0.155. The minimum absolute atomic E-state index is 0.0394. The summed E-state index contributed by atoms with van der Waals surface area (Å²) < 4.78 is 10.8. The van der Waals surface area contributed by atoms with Gasteiger partial charge in [-0.15, -0.1) is 0 Å². The lowest BCUT2D eigenvalue weighted by atomic mass is 10.1. The number of aryl methyl sites for hydroxylation is 1. The van der Waals surface area contributed by atoms with Gasteiger partial charge in [0.1, 0.15) is 5.75 Å². The SMILES string of the molecule is CCc1noc(-c2cccc(OCC(=O)NCCc3ccccc3)c2)n1. The average molecular weight is 351 g/mol. The van der Waals surface area contributed by atoms with Crippen molar-refractivity contribution >= 4 is 5.91 Å². The molecule has 1 heterocycles. The van der Waals surface area contributed by atoms with E-state index in [0.717, 1.165) is 12.0 Å². The number of hydrogen-bond acceptors (Lipinski definition) is 5. The summed E-state index contributed by atoms with van der Waals surface area (Å²) in [5.41, 5.74) is 1.95. The highest BCUT2D eigenvalue weighted by molar-refractivity contribution is 5.77. The van der Waals surface area contributed by atoms with Crippen LogP contribution in [0, 0.1) is 0 Å². The first-order valence-electron chi connectivity index (χ1n) is 8.61. The Kier molecular flexibility index (Phi) is 5.98. The van der Waals surface area contributed by atoms with Gasteiger partial charge in [0, 0.05) is 18.5 Å². The van der Waals surface area contributed by atoms with Crippen molar-refractivity contribution in [3.8, 4) is 17.2 Å². The van der Waals surface area contributed by atoms with Crippen LogP contribution in [0.15, 0.2) is 59.1 Å². The van der Waals surface area contributed by atoms with E-state index in [0.29, 0.717) is 30.4 Å². The molecule has 0 saturated heterocycles. The van der Waals surface area contributed by atoms with E-state index in [1.165, 1.54) is 5.56 Å². The van der Waals surface area contributed by atoms with Crippen molar-refractivity contribution in [1.82, 2.24) is 15.5 Å². The molecule has 3 rings (SSSR count). The molecule has 0 unspecified atom stereocenters. The molecule has 0 aliphatic heterocycles. The third-order valence-corrected chi connectivity index (χ3v) is 3.81. The quantitative estimate of drug-likeness (QED) is 0.675. The standard InChI is InChI=1S/C20H21N3O3/c1-2-18-22-20(26-23-18)16-9-6-10-17(13-16)25-14-19(24)21-12-11-15-7-4-3-5-8-15/h3-10,13H,2,11-12,14H2,1H3,(H,21,24). The molecule has 0 radical (unpaired) electrons. The van der Waals surface area contributed by atoms with E-state index in [4.69, 9.17) is 9.26 Å². The number of ether oxygens (including phenoxy) is 1. The summed E-state index contributed by atoms with van der Waals surface area (Å²) in [6.45, 7) is 2.50. The van der Waals surface area contributed by atoms with Crippen LogP contribution in [0.5, 0.6) is 5.75 Å². The molecular formula is C20H21N3O3. The molecule has 0 saturated carbocycles. The van der Waals surface area contributed by atoms with E-state index in [1.807, 2.05) is 49.4 Å². The average Bonchev–Trinajstić information content (AvgIpc) is 3.17. The number of benzene rings is 2. The summed E-state index contributed by atoms with van der Waals surface area (Å²) in [5, 5.41) is 6.74. The van der Waals surface area contributed by atoms with Gasteiger partial charge in [-0.05, 0) is 30.2 Å². The van der Waals surface area contributed by atoms with Crippen LogP contribution in [0.1, 0.15) is 18.3 Å². The van der Waals surface area contributed by atoms with Gasteiger partial charge in [0.15, 0.2) is 12.4 Å². The third-order valence-electron chi connectivity index (χ3n) is 3.81. The first kappa shape index (κ1) is 17.7. The highest BCUT2D eigenvalue weighted by Gasteiger charge is 2.09. The summed E-state index contributed by atoms with van der Waals surface area (Å²) in [4.78, 5) is 16.2. The molecule has 0 spiro atoms. The number of carbonyl (C=O) groups is 1. The molecule has 6 nitrogen and oxygen atoms in total. The predicted molar refractivity (Wildman–Crippen MR) is 97.8 cm³/mol. The van der Waals surface area contributed by atoms with E-state index >= 15 is 0 Å². The number of hydrogen-bond donors (Lipinski definition) is 1. The van der Waals surface area contributed by atoms with Crippen molar-refractivity contribution in [3.63, 3.8) is 0 Å². The lowest BCUT2D eigenvalue weighted by Gasteiger charge is -2.08. The summed E-state index contributed by atoms with van der Waals surface area (Å²) in [7, 11) is 0. The molecule has 134 valence electrons. The summed E-state index contributed by atoms with van der Waals surface area (Å²) in [6, 6.07) is 17.3. The fourth-order valence-corrected chi connectivity index (χ4v) is 2.42. The Morgan fingerprint density at radius 2 is 2.00 bits per heavy atom. The molecule has 1 N–H and O–H groups in total. The van der Waals surface area contributed by atoms with E-state index < -0.39 is 0 Å². The van der Waals surface area contributed by atoms with E-state index in [2.05, 4.69) is 15.5 Å². The van der Waals surface area contributed by atoms with Gasteiger partial charge in [-0.2, -0.15) is 4.98 Å². The Balaban J connectivity index is 1.48. The van der Waals surface area contributed by atoms with Crippen molar-refractivity contribution in [2.24, 2.45) is 0 Å². The molecular weight excluding hydrogens is 330 g/mol. The number of nitrogens with one attached hydrogen (secondary N) is 1. The Labute approximate surface area is 152 Å². The van der Waals surface area contributed by atoms with Crippen LogP contribution in [0.25, 0.3) is 11.5 Å². The lowest BCUT2D eigenvalue weighted by molar-refractivity contribution is -0.123. The normalized spacial score (nSPS) is 10.5. The topological polar surface area (TPSA) is 77.2 Å². The van der Waals surface area contributed by atoms with Crippen molar-refractivity contribution in [2.75, 3.05) is 13.2 Å². The molecule has 0 atom stereocenters. The van der Waals surface area contributed by atoms with Crippen LogP contribution in [0.3, 0.4) is 0 Å². The monoisotopic (exact) mass is 351 g/mol. The van der Waals surface area contributed by atoms with E-state index in [-0.39, 0.29) is 12.5 Å². The fraction of sp³-hybridized carbons (Fsp3) is 0.250. The lowest BCUT2D eigenvalue weighted by Crippen LogP contribution is -2.30. The van der Waals surface area contributed by atoms with Gasteiger partial charge < -0.3 is 14.6 Å². The zero-order chi connectivity index (χ0) is 18.2. The van der Waals surface area contributed by atoms with Gasteiger partial charge in [0.2, 0.25) is 0 Å². The molecule has 1 aromatic heterocycles. The Morgan fingerprint density at radius 1 is 1.15 bits per heavy atom. The molecule has 0 fully saturated rings. The van der Waals surface area contributed by atoms with Crippen LogP contribution in [0.4, 0.5) is 0 Å². The van der Waals surface area contributed by atoms with Gasteiger partial charge in [0.25, 0.3) is 11.8 Å². The summed E-state index contributed by atoms with van der Waals surface area (Å²) >= 11 is 0. The molecule has 0 bridgehead atoms. The molecule has 0 aliphatic rings. The van der Waals surface area contributed by atoms with Gasteiger partial charge in [-0.1, -0.05) is 48.5 Å². The van der Waals surface area contributed by atoms with Gasteiger partial charge in [-0.3, -0.25) is 4.79 Å². The second-order valence-corrected chi connectivity index (χ2v) is 5.77. The van der Waals surface area contributed by atoms with Gasteiger partial charge >= 0.3 is 0 Å². The van der Waals surface area contributed by atoms with Crippen LogP contribution >= 0.6 is 0 Å². The number of amides is 1. The highest BCUT2D eigenvalue weighted by atomic mass is 16.5. The number of nitrogens with zero attached hydrogens (tertiary/aromatic N) is 2.